The van der Waals surface area contributed by atoms with Gasteiger partial charge < -0.3 is 9.47 Å². The molecular formula is C24H25BrO3. The number of ketones is 1. The first-order valence-corrected chi connectivity index (χ1v) is 10.7. The summed E-state index contributed by atoms with van der Waals surface area (Å²) in [5.74, 6) is 1.75. The Bertz CT molecular complexity index is 881. The maximum atomic E-state index is 11.9. The van der Waals surface area contributed by atoms with Crippen LogP contribution in [0.1, 0.15) is 49.7 Å². The maximum Gasteiger partial charge on any atom is 0.161 e. The van der Waals surface area contributed by atoms with Crippen molar-refractivity contribution in [3.05, 3.63) is 70.2 Å². The predicted octanol–water partition coefficient (Wildman–Crippen LogP) is 5.98. The van der Waals surface area contributed by atoms with E-state index < -0.39 is 0 Å². The average Bonchev–Trinajstić information content (AvgIpc) is 3.22. The van der Waals surface area contributed by atoms with E-state index in [-0.39, 0.29) is 17.3 Å². The first-order valence-electron chi connectivity index (χ1n) is 9.94. The van der Waals surface area contributed by atoms with Gasteiger partial charge in [0.25, 0.3) is 0 Å². The van der Waals surface area contributed by atoms with Crippen LogP contribution >= 0.6 is 15.9 Å². The Labute approximate surface area is 174 Å². The zero-order valence-corrected chi connectivity index (χ0v) is 17.7. The van der Waals surface area contributed by atoms with Gasteiger partial charge in [-0.15, -0.1) is 0 Å². The van der Waals surface area contributed by atoms with Gasteiger partial charge in [0.15, 0.2) is 17.3 Å². The monoisotopic (exact) mass is 440 g/mol. The second-order valence-corrected chi connectivity index (χ2v) is 8.58. The van der Waals surface area contributed by atoms with Crippen molar-refractivity contribution >= 4 is 21.7 Å². The molecule has 1 unspecified atom stereocenters. The average molecular weight is 441 g/mol. The fourth-order valence-corrected chi connectivity index (χ4v) is 4.61. The van der Waals surface area contributed by atoms with Crippen LogP contribution in [0.25, 0.3) is 0 Å². The number of hydrogen-bond acceptors (Lipinski definition) is 3. The van der Waals surface area contributed by atoms with Gasteiger partial charge in [-0.2, -0.15) is 0 Å². The zero-order valence-electron chi connectivity index (χ0n) is 16.1. The molecule has 0 N–H and O–H groups in total. The van der Waals surface area contributed by atoms with Crippen LogP contribution in [0, 0.1) is 0 Å². The van der Waals surface area contributed by atoms with Crippen LogP contribution in [0.2, 0.25) is 0 Å². The molecule has 0 aromatic heterocycles. The van der Waals surface area contributed by atoms with Gasteiger partial charge in [0.05, 0.1) is 13.2 Å². The van der Waals surface area contributed by atoms with Crippen LogP contribution in [0.5, 0.6) is 11.5 Å². The Morgan fingerprint density at radius 1 is 1.00 bits per heavy atom. The zero-order chi connectivity index (χ0) is 19.6. The number of carbonyl (C=O) groups is 1. The highest BCUT2D eigenvalue weighted by Crippen LogP contribution is 2.44. The Balaban J connectivity index is 1.79. The summed E-state index contributed by atoms with van der Waals surface area (Å²) in [5.41, 5.74) is 1.97. The van der Waals surface area contributed by atoms with Crippen molar-refractivity contribution in [3.63, 3.8) is 0 Å². The van der Waals surface area contributed by atoms with E-state index in [1.165, 1.54) is 18.4 Å². The third kappa shape index (κ3) is 3.75. The van der Waals surface area contributed by atoms with E-state index in [0.717, 1.165) is 40.8 Å². The molecule has 0 saturated heterocycles. The van der Waals surface area contributed by atoms with Gasteiger partial charge >= 0.3 is 0 Å². The Hall–Kier alpha value is -2.07. The van der Waals surface area contributed by atoms with Crippen LogP contribution in [0.15, 0.2) is 59.1 Å². The van der Waals surface area contributed by atoms with E-state index >= 15 is 0 Å². The van der Waals surface area contributed by atoms with E-state index in [1.54, 1.807) is 13.2 Å². The van der Waals surface area contributed by atoms with E-state index in [4.69, 9.17) is 9.47 Å². The number of rotatable bonds is 5. The minimum Gasteiger partial charge on any atom is -0.493 e. The normalized spacial score (nSPS) is 22.4. The second-order valence-electron chi connectivity index (χ2n) is 7.67. The molecule has 0 aliphatic heterocycles. The summed E-state index contributed by atoms with van der Waals surface area (Å²) >= 11 is 3.52. The summed E-state index contributed by atoms with van der Waals surface area (Å²) in [6, 6.07) is 14.6. The number of benzene rings is 2. The van der Waals surface area contributed by atoms with Gasteiger partial charge in [-0.25, -0.2) is 0 Å². The molecule has 28 heavy (non-hydrogen) atoms. The van der Waals surface area contributed by atoms with E-state index in [1.807, 2.05) is 6.07 Å². The van der Waals surface area contributed by atoms with Gasteiger partial charge in [-0.05, 0) is 73.6 Å². The number of allylic oxidation sites excluding steroid dienone is 2. The lowest BCUT2D eigenvalue weighted by molar-refractivity contribution is -0.115. The molecule has 2 aliphatic rings. The van der Waals surface area contributed by atoms with Crippen LogP contribution in [-0.4, -0.2) is 19.0 Å². The van der Waals surface area contributed by atoms with E-state index in [9.17, 15) is 4.79 Å². The third-order valence-corrected chi connectivity index (χ3v) is 6.48. The fourth-order valence-electron chi connectivity index (χ4n) is 4.35. The molecule has 146 valence electrons. The molecule has 0 bridgehead atoms. The largest absolute Gasteiger partial charge is 0.493 e. The maximum absolute atomic E-state index is 11.9. The molecule has 0 spiro atoms. The molecule has 0 heterocycles. The molecule has 2 aromatic carbocycles. The predicted molar refractivity (Wildman–Crippen MR) is 114 cm³/mol. The van der Waals surface area contributed by atoms with E-state index in [2.05, 4.69) is 58.4 Å². The van der Waals surface area contributed by atoms with Crippen molar-refractivity contribution < 1.29 is 14.3 Å². The number of ether oxygens (including phenoxy) is 2. The van der Waals surface area contributed by atoms with Gasteiger partial charge in [0, 0.05) is 16.3 Å². The van der Waals surface area contributed by atoms with Gasteiger partial charge in [0.2, 0.25) is 0 Å². The lowest BCUT2D eigenvalue weighted by Gasteiger charge is -2.35. The number of methoxy groups -OCH3 is 1. The highest BCUT2D eigenvalue weighted by Gasteiger charge is 2.35. The van der Waals surface area contributed by atoms with Gasteiger partial charge in [0.1, 0.15) is 0 Å². The molecule has 1 saturated carbocycles. The summed E-state index contributed by atoms with van der Waals surface area (Å²) in [7, 11) is 1.68. The summed E-state index contributed by atoms with van der Waals surface area (Å²) in [6.07, 6.45) is 9.98. The topological polar surface area (TPSA) is 35.5 Å². The quantitative estimate of drug-likeness (QED) is 0.572. The minimum absolute atomic E-state index is 0.184. The van der Waals surface area contributed by atoms with Crippen LogP contribution in [-0.2, 0) is 10.2 Å². The number of carbonyl (C=O) groups excluding carboxylic acids is 1. The Kier molecular flexibility index (Phi) is 5.58. The summed E-state index contributed by atoms with van der Waals surface area (Å²) in [6.45, 7) is 0. The van der Waals surface area contributed by atoms with Crippen molar-refractivity contribution in [1.29, 1.82) is 0 Å². The van der Waals surface area contributed by atoms with Gasteiger partial charge in [-0.1, -0.05) is 40.2 Å². The van der Waals surface area contributed by atoms with Crippen LogP contribution < -0.4 is 9.47 Å². The minimum atomic E-state index is -0.339. The molecule has 2 aliphatic carbocycles. The molecule has 3 nitrogen and oxygen atoms in total. The number of halogens is 1. The highest BCUT2D eigenvalue weighted by atomic mass is 79.9. The third-order valence-electron chi connectivity index (χ3n) is 5.95. The van der Waals surface area contributed by atoms with Crippen molar-refractivity contribution in [1.82, 2.24) is 0 Å². The highest BCUT2D eigenvalue weighted by molar-refractivity contribution is 9.10. The van der Waals surface area contributed by atoms with Crippen molar-refractivity contribution in [2.45, 2.75) is 50.0 Å². The molecule has 0 amide bonds. The van der Waals surface area contributed by atoms with Crippen molar-refractivity contribution in [2.75, 3.05) is 7.11 Å². The standard InChI is InChI=1S/C24H25BrO3/c1-27-22-11-8-18(16-23(22)28-21-4-2-3-5-21)24(14-12-20(26)13-15-24)17-6-9-19(25)10-7-17/h6-12,14,16,21H,2-5,13,15H2,1H3. The van der Waals surface area contributed by atoms with Crippen molar-refractivity contribution in [3.8, 4) is 11.5 Å². The molecule has 0 radical (unpaired) electrons. The van der Waals surface area contributed by atoms with Crippen molar-refractivity contribution in [2.24, 2.45) is 0 Å². The first kappa shape index (κ1) is 19.3. The van der Waals surface area contributed by atoms with Crippen LogP contribution in [0.3, 0.4) is 0 Å². The Morgan fingerprint density at radius 3 is 2.36 bits per heavy atom. The molecule has 1 fully saturated rings. The molecular weight excluding hydrogens is 416 g/mol. The molecule has 1 atom stereocenters. The summed E-state index contributed by atoms with van der Waals surface area (Å²) in [5, 5.41) is 0. The molecule has 4 rings (SSSR count). The first-order chi connectivity index (χ1) is 13.6. The molecule has 2 aromatic rings. The molecule has 4 heteroatoms. The number of hydrogen-bond donors (Lipinski definition) is 0. The fraction of sp³-hybridized carbons (Fsp3) is 0.375. The lowest BCUT2D eigenvalue weighted by Crippen LogP contribution is -2.29. The summed E-state index contributed by atoms with van der Waals surface area (Å²) in [4.78, 5) is 11.9. The Morgan fingerprint density at radius 2 is 1.71 bits per heavy atom. The SMILES string of the molecule is COc1ccc(C2(c3ccc(Br)cc3)C=CC(=O)CC2)cc1OC1CCCC1. The smallest absolute Gasteiger partial charge is 0.161 e. The van der Waals surface area contributed by atoms with E-state index in [0.29, 0.717) is 6.42 Å². The summed E-state index contributed by atoms with van der Waals surface area (Å²) < 4.78 is 12.9. The van der Waals surface area contributed by atoms with Gasteiger partial charge in [-0.3, -0.25) is 4.79 Å². The lowest BCUT2D eigenvalue weighted by atomic mass is 9.68. The van der Waals surface area contributed by atoms with Crippen LogP contribution in [0.4, 0.5) is 0 Å². The second kappa shape index (κ2) is 8.12.